The minimum atomic E-state index is -0.348. The third-order valence-corrected chi connectivity index (χ3v) is 4.81. The second-order valence-corrected chi connectivity index (χ2v) is 6.60. The fourth-order valence-corrected chi connectivity index (χ4v) is 3.34. The number of aryl methyl sites for hydroxylation is 2. The van der Waals surface area contributed by atoms with Gasteiger partial charge in [-0.15, -0.1) is 0 Å². The highest BCUT2D eigenvalue weighted by Crippen LogP contribution is 2.44. The van der Waals surface area contributed by atoms with E-state index in [1.54, 1.807) is 4.90 Å². The van der Waals surface area contributed by atoms with Crippen LogP contribution in [-0.4, -0.2) is 28.3 Å². The highest BCUT2D eigenvalue weighted by atomic mass is 16.2. The Bertz CT molecular complexity index is 836. The zero-order chi connectivity index (χ0) is 16.8. The maximum absolute atomic E-state index is 12.2. The van der Waals surface area contributed by atoms with E-state index in [0.29, 0.717) is 18.9 Å². The van der Waals surface area contributed by atoms with Crippen molar-refractivity contribution in [2.75, 3.05) is 11.4 Å². The average Bonchev–Trinajstić information content (AvgIpc) is 3.31. The summed E-state index contributed by atoms with van der Waals surface area (Å²) >= 11 is 0. The van der Waals surface area contributed by atoms with Crippen LogP contribution in [0.3, 0.4) is 0 Å². The quantitative estimate of drug-likeness (QED) is 0.944. The molecule has 0 radical (unpaired) electrons. The highest BCUT2D eigenvalue weighted by molar-refractivity contribution is 6.06. The molecule has 124 valence electrons. The number of amides is 3. The fraction of sp³-hybridized carbons (Fsp3) is 0.389. The zero-order valence-electron chi connectivity index (χ0n) is 13.9. The van der Waals surface area contributed by atoms with E-state index in [-0.39, 0.29) is 11.9 Å². The summed E-state index contributed by atoms with van der Waals surface area (Å²) < 4.78 is 1.90. The molecule has 2 fully saturated rings. The van der Waals surface area contributed by atoms with Crippen LogP contribution in [0, 0.1) is 6.92 Å². The molecular formula is C18H20N4O2. The Morgan fingerprint density at radius 3 is 2.75 bits per heavy atom. The lowest BCUT2D eigenvalue weighted by atomic mass is 10.0. The first-order chi connectivity index (χ1) is 11.5. The molecule has 1 aliphatic carbocycles. The monoisotopic (exact) mass is 324 g/mol. The molecule has 24 heavy (non-hydrogen) atoms. The third-order valence-electron chi connectivity index (χ3n) is 4.81. The van der Waals surface area contributed by atoms with Crippen LogP contribution in [0.15, 0.2) is 24.4 Å². The molecule has 1 aromatic heterocycles. The van der Waals surface area contributed by atoms with Gasteiger partial charge in [0.05, 0.1) is 11.9 Å². The molecule has 2 aliphatic rings. The molecular weight excluding hydrogens is 304 g/mol. The Hall–Kier alpha value is -2.63. The predicted octanol–water partition coefficient (Wildman–Crippen LogP) is 2.72. The van der Waals surface area contributed by atoms with E-state index in [4.69, 9.17) is 0 Å². The van der Waals surface area contributed by atoms with Crippen LogP contribution in [-0.2, 0) is 11.8 Å². The Morgan fingerprint density at radius 2 is 2.04 bits per heavy atom. The number of carbonyl (C=O) groups excluding carboxylic acids is 2. The van der Waals surface area contributed by atoms with Gasteiger partial charge in [-0.3, -0.25) is 19.7 Å². The van der Waals surface area contributed by atoms with Crippen molar-refractivity contribution in [1.29, 1.82) is 0 Å². The molecule has 4 rings (SSSR count). The Labute approximate surface area is 140 Å². The van der Waals surface area contributed by atoms with Crippen LogP contribution < -0.4 is 10.2 Å². The van der Waals surface area contributed by atoms with Gasteiger partial charge in [0.2, 0.25) is 5.91 Å². The molecule has 1 saturated heterocycles. The van der Waals surface area contributed by atoms with Gasteiger partial charge in [0.25, 0.3) is 0 Å². The van der Waals surface area contributed by atoms with Crippen molar-refractivity contribution < 1.29 is 9.59 Å². The number of hydrogen-bond donors (Lipinski definition) is 1. The lowest BCUT2D eigenvalue weighted by Crippen LogP contribution is -2.49. The standard InChI is InChI=1S/C18H20N4O2/c1-11-3-4-13(17-14(12-5-6-12)10-19-21(17)2)9-15(11)22-8-7-16(23)20-18(22)24/h3-4,9-10,12H,5-8H2,1-2H3,(H,20,23,24). The van der Waals surface area contributed by atoms with Crippen LogP contribution in [0.25, 0.3) is 11.3 Å². The normalized spacial score (nSPS) is 18.0. The van der Waals surface area contributed by atoms with Crippen molar-refractivity contribution in [2.24, 2.45) is 7.05 Å². The zero-order valence-corrected chi connectivity index (χ0v) is 13.9. The molecule has 6 nitrogen and oxygen atoms in total. The van der Waals surface area contributed by atoms with Crippen molar-refractivity contribution >= 4 is 17.6 Å². The van der Waals surface area contributed by atoms with Crippen LogP contribution in [0.1, 0.15) is 36.3 Å². The molecule has 6 heteroatoms. The molecule has 1 saturated carbocycles. The lowest BCUT2D eigenvalue weighted by Gasteiger charge is -2.28. The van der Waals surface area contributed by atoms with Gasteiger partial charge in [0.1, 0.15) is 0 Å². The third kappa shape index (κ3) is 2.48. The molecule has 0 bridgehead atoms. The minimum Gasteiger partial charge on any atom is -0.293 e. The molecule has 3 amide bonds. The van der Waals surface area contributed by atoms with E-state index in [0.717, 1.165) is 22.5 Å². The van der Waals surface area contributed by atoms with Crippen molar-refractivity contribution in [3.05, 3.63) is 35.5 Å². The van der Waals surface area contributed by atoms with Gasteiger partial charge in [-0.25, -0.2) is 4.79 Å². The SMILES string of the molecule is Cc1ccc(-c2c(C3CC3)cnn2C)cc1N1CCC(=O)NC1=O. The molecule has 1 N–H and O–H groups in total. The number of benzene rings is 1. The molecule has 0 atom stereocenters. The van der Waals surface area contributed by atoms with E-state index >= 15 is 0 Å². The number of hydrogen-bond acceptors (Lipinski definition) is 3. The van der Waals surface area contributed by atoms with Gasteiger partial charge in [0.15, 0.2) is 0 Å². The first-order valence-corrected chi connectivity index (χ1v) is 8.29. The summed E-state index contributed by atoms with van der Waals surface area (Å²) in [5.74, 6) is 0.391. The van der Waals surface area contributed by atoms with Crippen LogP contribution in [0.2, 0.25) is 0 Å². The number of nitrogens with one attached hydrogen (secondary N) is 1. The Kier molecular flexibility index (Phi) is 3.40. The molecule has 2 heterocycles. The Morgan fingerprint density at radius 1 is 1.25 bits per heavy atom. The van der Waals surface area contributed by atoms with Gasteiger partial charge < -0.3 is 0 Å². The minimum absolute atomic E-state index is 0.215. The van der Waals surface area contributed by atoms with E-state index in [9.17, 15) is 9.59 Å². The lowest BCUT2D eigenvalue weighted by molar-refractivity contribution is -0.120. The van der Waals surface area contributed by atoms with Crippen molar-refractivity contribution in [3.63, 3.8) is 0 Å². The summed E-state index contributed by atoms with van der Waals surface area (Å²) in [5, 5.41) is 6.81. The summed E-state index contributed by atoms with van der Waals surface area (Å²) in [5.41, 5.74) is 5.32. The number of imide groups is 1. The number of anilines is 1. The topological polar surface area (TPSA) is 67.2 Å². The highest BCUT2D eigenvalue weighted by Gasteiger charge is 2.30. The van der Waals surface area contributed by atoms with Crippen molar-refractivity contribution in [1.82, 2.24) is 15.1 Å². The summed E-state index contributed by atoms with van der Waals surface area (Å²) in [6, 6.07) is 5.79. The maximum atomic E-state index is 12.2. The summed E-state index contributed by atoms with van der Waals surface area (Å²) in [6.07, 6.45) is 4.72. The first-order valence-electron chi connectivity index (χ1n) is 8.29. The van der Waals surface area contributed by atoms with Gasteiger partial charge in [-0.2, -0.15) is 5.10 Å². The number of nitrogens with zero attached hydrogens (tertiary/aromatic N) is 3. The van der Waals surface area contributed by atoms with E-state index in [1.165, 1.54) is 18.4 Å². The summed E-state index contributed by atoms with van der Waals surface area (Å²) in [7, 11) is 1.95. The predicted molar refractivity (Wildman–Crippen MR) is 90.9 cm³/mol. The molecule has 1 aliphatic heterocycles. The fourth-order valence-electron chi connectivity index (χ4n) is 3.34. The molecule has 1 aromatic carbocycles. The molecule has 0 spiro atoms. The van der Waals surface area contributed by atoms with Gasteiger partial charge in [0, 0.05) is 36.8 Å². The largest absolute Gasteiger partial charge is 0.328 e. The van der Waals surface area contributed by atoms with Crippen LogP contribution >= 0.6 is 0 Å². The Balaban J connectivity index is 1.76. The number of urea groups is 1. The van der Waals surface area contributed by atoms with Crippen molar-refractivity contribution in [3.8, 4) is 11.3 Å². The van der Waals surface area contributed by atoms with Gasteiger partial charge in [-0.05, 0) is 37.3 Å². The van der Waals surface area contributed by atoms with Crippen LogP contribution in [0.5, 0.6) is 0 Å². The van der Waals surface area contributed by atoms with E-state index in [1.807, 2.05) is 37.0 Å². The van der Waals surface area contributed by atoms with Gasteiger partial charge in [-0.1, -0.05) is 12.1 Å². The smallest absolute Gasteiger partial charge is 0.293 e. The average molecular weight is 324 g/mol. The number of carbonyl (C=O) groups is 2. The van der Waals surface area contributed by atoms with Crippen molar-refractivity contribution in [2.45, 2.75) is 32.1 Å². The second-order valence-electron chi connectivity index (χ2n) is 6.60. The second kappa shape index (κ2) is 5.47. The first kappa shape index (κ1) is 14.9. The van der Waals surface area contributed by atoms with Gasteiger partial charge >= 0.3 is 6.03 Å². The molecule has 0 unspecified atom stereocenters. The maximum Gasteiger partial charge on any atom is 0.328 e. The number of aromatic nitrogens is 2. The number of rotatable bonds is 3. The summed E-state index contributed by atoms with van der Waals surface area (Å²) in [4.78, 5) is 25.2. The van der Waals surface area contributed by atoms with Crippen LogP contribution in [0.4, 0.5) is 10.5 Å². The van der Waals surface area contributed by atoms with E-state index < -0.39 is 0 Å². The molecule has 2 aromatic rings. The summed E-state index contributed by atoms with van der Waals surface area (Å²) in [6.45, 7) is 2.39. The van der Waals surface area contributed by atoms with E-state index in [2.05, 4.69) is 16.5 Å².